The number of amides is 1. The molecule has 0 spiro atoms. The van der Waals surface area contributed by atoms with Crippen molar-refractivity contribution in [3.63, 3.8) is 0 Å². The van der Waals surface area contributed by atoms with Gasteiger partial charge in [0.05, 0.1) is 16.9 Å². The van der Waals surface area contributed by atoms with Crippen LogP contribution in [0.2, 0.25) is 0 Å². The molecule has 1 aromatic heterocycles. The van der Waals surface area contributed by atoms with Gasteiger partial charge in [0.25, 0.3) is 5.91 Å². The number of nitrogens with zero attached hydrogens (tertiary/aromatic N) is 5. The number of aryl methyl sites for hydroxylation is 1. The van der Waals surface area contributed by atoms with E-state index in [0.29, 0.717) is 12.1 Å². The number of hydrazone groups is 1. The van der Waals surface area contributed by atoms with Crippen LogP contribution in [0.3, 0.4) is 0 Å². The van der Waals surface area contributed by atoms with Gasteiger partial charge in [-0.25, -0.2) is 16.8 Å². The van der Waals surface area contributed by atoms with Gasteiger partial charge in [0.2, 0.25) is 0 Å². The highest BCUT2D eigenvalue weighted by Crippen LogP contribution is 2.37. The Balaban J connectivity index is 1.97. The Morgan fingerprint density at radius 2 is 1.87 bits per heavy atom. The Morgan fingerprint density at radius 3 is 2.45 bits per heavy atom. The number of anilines is 1. The molecule has 0 saturated carbocycles. The van der Waals surface area contributed by atoms with Crippen molar-refractivity contribution in [2.45, 2.75) is 19.5 Å². The number of hydrogen-bond donors (Lipinski definition) is 4. The third kappa shape index (κ3) is 7.33. The fourth-order valence-corrected chi connectivity index (χ4v) is 3.70. The minimum absolute atomic E-state index is 0.00972. The summed E-state index contributed by atoms with van der Waals surface area (Å²) < 4.78 is 42.5. The van der Waals surface area contributed by atoms with E-state index in [-0.39, 0.29) is 34.4 Å². The zero-order valence-electron chi connectivity index (χ0n) is 21.1. The number of alkyl halides is 3. The largest absolute Gasteiger partial charge is 0.417 e. The zero-order valence-corrected chi connectivity index (χ0v) is 21.1. The lowest BCUT2D eigenvalue weighted by molar-refractivity contribution is -0.137. The van der Waals surface area contributed by atoms with E-state index in [4.69, 9.17) is 17.4 Å². The highest BCUT2D eigenvalue weighted by Gasteiger charge is 2.34. The number of halogens is 3. The number of carbonyl (C=O) groups excluding carboxylic acids is 1. The molecule has 0 aliphatic carbocycles. The van der Waals surface area contributed by atoms with Crippen LogP contribution in [0.25, 0.3) is 11.3 Å². The Labute approximate surface area is 218 Å². The third-order valence-electron chi connectivity index (χ3n) is 5.37. The number of nitrogens with one attached hydrogen (secondary N) is 1. The lowest BCUT2D eigenvalue weighted by atomic mass is 10.0. The molecule has 1 heterocycles. The van der Waals surface area contributed by atoms with Crippen LogP contribution in [0.5, 0.6) is 0 Å². The topological polar surface area (TPSA) is 144 Å². The molecular weight excluding hydrogens is 499 g/mol. The highest BCUT2D eigenvalue weighted by molar-refractivity contribution is 5.97. The van der Waals surface area contributed by atoms with Crippen molar-refractivity contribution in [2.75, 3.05) is 12.1 Å². The number of benzene rings is 2. The van der Waals surface area contributed by atoms with E-state index in [1.54, 1.807) is 37.4 Å². The van der Waals surface area contributed by atoms with Gasteiger partial charge in [-0.1, -0.05) is 25.1 Å². The molecule has 1 atom stereocenters. The van der Waals surface area contributed by atoms with E-state index in [1.165, 1.54) is 29.0 Å². The summed E-state index contributed by atoms with van der Waals surface area (Å²) in [5, 5.41) is 13.1. The quantitative estimate of drug-likeness (QED) is 0.144. The molecule has 13 heteroatoms. The number of para-hydroxylation sites is 1. The fraction of sp³-hybridized carbons (Fsp3) is 0.240. The van der Waals surface area contributed by atoms with E-state index < -0.39 is 17.6 Å². The van der Waals surface area contributed by atoms with Gasteiger partial charge >= 0.3 is 6.18 Å². The zero-order chi connectivity index (χ0) is 28.0. The Kier molecular flexibility index (Phi) is 8.76. The molecular formula is C25H30F3N9O. The molecule has 7 N–H and O–H groups in total. The highest BCUT2D eigenvalue weighted by atomic mass is 19.4. The van der Waals surface area contributed by atoms with Crippen LogP contribution in [0.15, 0.2) is 77.8 Å². The normalized spacial score (nSPS) is 13.3. The van der Waals surface area contributed by atoms with E-state index in [2.05, 4.69) is 15.5 Å². The summed E-state index contributed by atoms with van der Waals surface area (Å²) in [6.07, 6.45) is -1.14. The summed E-state index contributed by atoms with van der Waals surface area (Å²) >= 11 is 0. The number of amidine groups is 1. The second kappa shape index (κ2) is 11.8. The van der Waals surface area contributed by atoms with Crippen molar-refractivity contribution in [1.29, 1.82) is 0 Å². The van der Waals surface area contributed by atoms with Gasteiger partial charge in [-0.2, -0.15) is 18.3 Å². The number of rotatable bonds is 9. The van der Waals surface area contributed by atoms with Crippen LogP contribution in [0, 0.1) is 5.92 Å². The van der Waals surface area contributed by atoms with Gasteiger partial charge in [0, 0.05) is 37.8 Å². The van der Waals surface area contributed by atoms with Gasteiger partial charge in [-0.05, 0) is 48.4 Å². The van der Waals surface area contributed by atoms with Crippen molar-refractivity contribution in [3.8, 4) is 11.3 Å². The van der Waals surface area contributed by atoms with Crippen molar-refractivity contribution in [3.05, 3.63) is 83.8 Å². The van der Waals surface area contributed by atoms with E-state index in [0.717, 1.165) is 23.3 Å². The first-order valence-electron chi connectivity index (χ1n) is 11.5. The van der Waals surface area contributed by atoms with Crippen molar-refractivity contribution in [1.82, 2.24) is 20.2 Å². The molecule has 0 fully saturated rings. The van der Waals surface area contributed by atoms with Gasteiger partial charge < -0.3 is 11.1 Å². The molecule has 10 nitrogen and oxygen atoms in total. The van der Waals surface area contributed by atoms with Gasteiger partial charge in [0.1, 0.15) is 11.7 Å². The number of hydrogen-bond acceptors (Lipinski definition) is 7. The molecule has 38 heavy (non-hydrogen) atoms. The maximum absolute atomic E-state index is 13.7. The number of carbonyl (C=O) groups is 1. The van der Waals surface area contributed by atoms with E-state index in [1.807, 2.05) is 13.0 Å². The molecule has 202 valence electrons. The summed E-state index contributed by atoms with van der Waals surface area (Å²) in [4.78, 5) is 13.3. The van der Waals surface area contributed by atoms with Gasteiger partial charge in [0.15, 0.2) is 0 Å². The van der Waals surface area contributed by atoms with Gasteiger partial charge in [-0.3, -0.25) is 14.5 Å². The van der Waals surface area contributed by atoms with Crippen LogP contribution in [0.1, 0.15) is 29.3 Å². The molecule has 0 bridgehead atoms. The number of aromatic nitrogens is 2. The second-order valence-corrected chi connectivity index (χ2v) is 8.69. The molecule has 3 rings (SSSR count). The molecule has 0 aliphatic heterocycles. The minimum Gasteiger partial charge on any atom is -0.386 e. The number of allylic oxidation sites excluding steroid dienone is 1. The first kappa shape index (κ1) is 28.2. The number of nitrogens with two attached hydrogens (primary N) is 3. The molecule has 1 unspecified atom stereocenters. The molecule has 0 saturated heterocycles. The maximum Gasteiger partial charge on any atom is 0.417 e. The molecule has 0 aliphatic rings. The van der Waals surface area contributed by atoms with Crippen LogP contribution in [-0.4, -0.2) is 33.7 Å². The summed E-state index contributed by atoms with van der Waals surface area (Å²) in [7, 11) is 3.12. The summed E-state index contributed by atoms with van der Waals surface area (Å²) in [5.41, 5.74) is 5.45. The molecule has 3 aromatic rings. The summed E-state index contributed by atoms with van der Waals surface area (Å²) in [5.74, 6) is 11.4. The lowest BCUT2D eigenvalue weighted by Crippen LogP contribution is -2.40. The Bertz CT molecular complexity index is 1320. The molecule has 2 aromatic carbocycles. The SMILES string of the molecule is CC(/C=C(/NC(=O)c1ccc(C(F)(F)F)c(-c2ccn(C)n2)c1)N(N)c1ccccc1)C/C(N)=N/N(C)N. The first-order chi connectivity index (χ1) is 17.8. The summed E-state index contributed by atoms with van der Waals surface area (Å²) in [6, 6.07) is 13.4. The minimum atomic E-state index is -4.64. The average molecular weight is 530 g/mol. The second-order valence-electron chi connectivity index (χ2n) is 8.69. The standard InChI is InChI=1S/C25H30F3N9O/c1-16(13-22(29)34-36(3)30)14-23(37(31)18-7-5-4-6-8-18)32-24(38)17-9-10-20(25(26,27)28)19(15-17)21-11-12-35(2)33-21/h4-12,14-16H,13,30-31H2,1-3H3,(H2,29,34)(H,32,38)/b23-14-. The van der Waals surface area contributed by atoms with Crippen LogP contribution in [0.4, 0.5) is 18.9 Å². The smallest absolute Gasteiger partial charge is 0.386 e. The van der Waals surface area contributed by atoms with Crippen molar-refractivity contribution < 1.29 is 18.0 Å². The average Bonchev–Trinajstić information content (AvgIpc) is 3.28. The summed E-state index contributed by atoms with van der Waals surface area (Å²) in [6.45, 7) is 1.83. The van der Waals surface area contributed by atoms with Crippen LogP contribution >= 0.6 is 0 Å². The predicted octanol–water partition coefficient (Wildman–Crippen LogP) is 3.16. The van der Waals surface area contributed by atoms with Crippen LogP contribution < -0.4 is 27.7 Å². The van der Waals surface area contributed by atoms with Crippen molar-refractivity contribution in [2.24, 2.45) is 35.5 Å². The maximum atomic E-state index is 13.7. The first-order valence-corrected chi connectivity index (χ1v) is 11.5. The third-order valence-corrected chi connectivity index (χ3v) is 5.37. The monoisotopic (exact) mass is 529 g/mol. The predicted molar refractivity (Wildman–Crippen MR) is 140 cm³/mol. The lowest BCUT2D eigenvalue weighted by Gasteiger charge is -2.24. The Hall–Kier alpha value is -4.36. The van der Waals surface area contributed by atoms with Crippen LogP contribution in [-0.2, 0) is 13.2 Å². The van der Waals surface area contributed by atoms with E-state index >= 15 is 0 Å². The number of hydrazine groups is 2. The van der Waals surface area contributed by atoms with E-state index in [9.17, 15) is 18.0 Å². The van der Waals surface area contributed by atoms with Crippen molar-refractivity contribution >= 4 is 17.4 Å². The molecule has 1 amide bonds. The van der Waals surface area contributed by atoms with Gasteiger partial charge in [-0.15, -0.1) is 5.10 Å². The molecule has 0 radical (unpaired) electrons. The Morgan fingerprint density at radius 1 is 1.18 bits per heavy atom. The fourth-order valence-electron chi connectivity index (χ4n) is 3.70.